The quantitative estimate of drug-likeness (QED) is 0.588. The lowest BCUT2D eigenvalue weighted by atomic mass is 10.3. The van der Waals surface area contributed by atoms with Gasteiger partial charge in [-0.1, -0.05) is 0 Å². The number of hydrogen-bond acceptors (Lipinski definition) is 5. The molecule has 0 atom stereocenters. The van der Waals surface area contributed by atoms with Crippen LogP contribution in [-0.4, -0.2) is 21.1 Å². The van der Waals surface area contributed by atoms with E-state index < -0.39 is 0 Å². The molecule has 21 heavy (non-hydrogen) atoms. The summed E-state index contributed by atoms with van der Waals surface area (Å²) in [5.74, 6) is 1.88. The van der Waals surface area contributed by atoms with Crippen molar-refractivity contribution in [2.24, 2.45) is 5.10 Å². The molecule has 0 amide bonds. The Morgan fingerprint density at radius 1 is 1.33 bits per heavy atom. The van der Waals surface area contributed by atoms with E-state index in [2.05, 4.69) is 15.3 Å². The third-order valence-corrected chi connectivity index (χ3v) is 2.95. The monoisotopic (exact) mass is 300 g/mol. The maximum Gasteiger partial charge on any atom is 0.219 e. The summed E-state index contributed by atoms with van der Waals surface area (Å²) in [4.78, 5) is 0. The molecule has 0 saturated heterocycles. The molecule has 0 saturated carbocycles. The summed E-state index contributed by atoms with van der Waals surface area (Å²) in [5, 5.41) is 11.1. The number of rotatable bonds is 4. The second kappa shape index (κ2) is 5.76. The molecule has 0 aromatic carbocycles. The zero-order chi connectivity index (χ0) is 14.7. The summed E-state index contributed by atoms with van der Waals surface area (Å²) in [6.45, 7) is 1.92. The maximum absolute atomic E-state index is 5.31. The number of aromatic nitrogens is 3. The van der Waals surface area contributed by atoms with Gasteiger partial charge in [0.05, 0.1) is 18.7 Å². The minimum Gasteiger partial charge on any atom is -0.465 e. The first-order valence-corrected chi connectivity index (χ1v) is 6.62. The first-order chi connectivity index (χ1) is 10.2. The summed E-state index contributed by atoms with van der Waals surface area (Å²) in [6, 6.07) is 7.28. The fraction of sp³-hybridized carbons (Fsp3) is 0.0714. The third-order valence-electron chi connectivity index (χ3n) is 2.68. The molecular formula is C14H12N4O2S. The van der Waals surface area contributed by atoms with Crippen molar-refractivity contribution in [3.05, 3.63) is 52.9 Å². The van der Waals surface area contributed by atoms with Crippen molar-refractivity contribution in [1.82, 2.24) is 14.9 Å². The Morgan fingerprint density at radius 2 is 2.14 bits per heavy atom. The van der Waals surface area contributed by atoms with Crippen LogP contribution < -0.4 is 0 Å². The predicted octanol–water partition coefficient (Wildman–Crippen LogP) is 3.73. The van der Waals surface area contributed by atoms with E-state index in [4.69, 9.17) is 21.1 Å². The minimum absolute atomic E-state index is 0.392. The fourth-order valence-corrected chi connectivity index (χ4v) is 1.93. The summed E-state index contributed by atoms with van der Waals surface area (Å²) in [7, 11) is 0. The lowest BCUT2D eigenvalue weighted by molar-refractivity contribution is 0.557. The second-order valence-electron chi connectivity index (χ2n) is 4.29. The Bertz CT molecular complexity index is 823. The highest BCUT2D eigenvalue weighted by molar-refractivity contribution is 7.71. The van der Waals surface area contributed by atoms with Gasteiger partial charge in [-0.3, -0.25) is 0 Å². The molecule has 0 spiro atoms. The average molecular weight is 300 g/mol. The van der Waals surface area contributed by atoms with Gasteiger partial charge in [0.15, 0.2) is 5.76 Å². The Kier molecular flexibility index (Phi) is 3.65. The van der Waals surface area contributed by atoms with Crippen molar-refractivity contribution in [1.29, 1.82) is 0 Å². The Hall–Kier alpha value is -2.67. The van der Waals surface area contributed by atoms with Crippen molar-refractivity contribution in [2.45, 2.75) is 6.92 Å². The van der Waals surface area contributed by atoms with Crippen LogP contribution in [0.5, 0.6) is 0 Å². The SMILES string of the molecule is C/C(C=Nn1c(-c2ccco2)n[nH]c1=S)=C/c1ccco1. The van der Waals surface area contributed by atoms with Crippen LogP contribution in [0.2, 0.25) is 0 Å². The average Bonchev–Trinajstić information content (AvgIpc) is 3.17. The van der Waals surface area contributed by atoms with E-state index in [1.807, 2.05) is 25.1 Å². The molecule has 6 nitrogen and oxygen atoms in total. The molecule has 3 rings (SSSR count). The molecule has 0 unspecified atom stereocenters. The zero-order valence-electron chi connectivity index (χ0n) is 11.2. The van der Waals surface area contributed by atoms with Crippen molar-refractivity contribution in [2.75, 3.05) is 0 Å². The van der Waals surface area contributed by atoms with Crippen molar-refractivity contribution in [3.63, 3.8) is 0 Å². The molecule has 3 aromatic heterocycles. The zero-order valence-corrected chi connectivity index (χ0v) is 12.0. The van der Waals surface area contributed by atoms with Gasteiger partial charge in [-0.2, -0.15) is 9.78 Å². The molecule has 0 bridgehead atoms. The van der Waals surface area contributed by atoms with Gasteiger partial charge in [0.25, 0.3) is 0 Å². The van der Waals surface area contributed by atoms with Gasteiger partial charge in [-0.25, -0.2) is 5.10 Å². The van der Waals surface area contributed by atoms with E-state index in [1.54, 1.807) is 30.9 Å². The Labute approximate surface area is 125 Å². The molecule has 1 N–H and O–H groups in total. The van der Waals surface area contributed by atoms with E-state index in [1.165, 1.54) is 4.68 Å². The molecule has 0 aliphatic heterocycles. The van der Waals surface area contributed by atoms with Gasteiger partial charge in [0.2, 0.25) is 10.6 Å². The number of nitrogens with one attached hydrogen (secondary N) is 1. The standard InChI is InChI=1S/C14H12N4O2S/c1-10(8-11-4-2-6-19-11)9-15-18-13(16-17-14(18)21)12-5-3-7-20-12/h2-9H,1H3,(H,17,21)/b10-8-,15-9?. The molecule has 0 aliphatic rings. The van der Waals surface area contributed by atoms with Crippen LogP contribution >= 0.6 is 12.2 Å². The van der Waals surface area contributed by atoms with Crippen molar-refractivity contribution in [3.8, 4) is 11.6 Å². The summed E-state index contributed by atoms with van der Waals surface area (Å²) in [5.41, 5.74) is 0.915. The molecule has 0 radical (unpaired) electrons. The number of nitrogens with zero attached hydrogens (tertiary/aromatic N) is 3. The van der Waals surface area contributed by atoms with Crippen molar-refractivity contribution < 1.29 is 8.83 Å². The van der Waals surface area contributed by atoms with E-state index in [9.17, 15) is 0 Å². The maximum atomic E-state index is 5.31. The lowest BCUT2D eigenvalue weighted by Crippen LogP contribution is -1.93. The van der Waals surface area contributed by atoms with Gasteiger partial charge in [-0.05, 0) is 55.1 Å². The molecule has 3 heterocycles. The van der Waals surface area contributed by atoms with Gasteiger partial charge < -0.3 is 8.83 Å². The molecule has 0 fully saturated rings. The molecule has 3 aromatic rings. The second-order valence-corrected chi connectivity index (χ2v) is 4.68. The van der Waals surface area contributed by atoms with Crippen molar-refractivity contribution >= 4 is 24.5 Å². The predicted molar refractivity (Wildman–Crippen MR) is 81.4 cm³/mol. The van der Waals surface area contributed by atoms with Gasteiger partial charge in [0.1, 0.15) is 5.76 Å². The largest absolute Gasteiger partial charge is 0.465 e. The number of aromatic amines is 1. The van der Waals surface area contributed by atoms with Crippen LogP contribution in [-0.2, 0) is 0 Å². The van der Waals surface area contributed by atoms with Gasteiger partial charge in [-0.15, -0.1) is 5.10 Å². The third kappa shape index (κ3) is 2.92. The van der Waals surface area contributed by atoms with E-state index in [-0.39, 0.29) is 0 Å². The molecule has 0 aliphatic carbocycles. The summed E-state index contributed by atoms with van der Waals surface area (Å²) < 4.78 is 12.5. The van der Waals surface area contributed by atoms with E-state index >= 15 is 0 Å². The minimum atomic E-state index is 0.392. The number of H-pyrrole nitrogens is 1. The highest BCUT2D eigenvalue weighted by Crippen LogP contribution is 2.17. The van der Waals surface area contributed by atoms with Crippen LogP contribution in [0, 0.1) is 4.77 Å². The number of allylic oxidation sites excluding steroid dienone is 1. The van der Waals surface area contributed by atoms with Crippen LogP contribution in [0.15, 0.2) is 56.3 Å². The van der Waals surface area contributed by atoms with E-state index in [0.717, 1.165) is 11.3 Å². The first kappa shape index (κ1) is 13.3. The molecule has 7 heteroatoms. The Morgan fingerprint density at radius 3 is 2.86 bits per heavy atom. The molecular weight excluding hydrogens is 288 g/mol. The topological polar surface area (TPSA) is 72.2 Å². The summed E-state index contributed by atoms with van der Waals surface area (Å²) >= 11 is 5.17. The van der Waals surface area contributed by atoms with Crippen LogP contribution in [0.4, 0.5) is 0 Å². The first-order valence-electron chi connectivity index (χ1n) is 6.21. The van der Waals surface area contributed by atoms with Crippen LogP contribution in [0.3, 0.4) is 0 Å². The highest BCUT2D eigenvalue weighted by atomic mass is 32.1. The highest BCUT2D eigenvalue weighted by Gasteiger charge is 2.10. The number of furan rings is 2. The lowest BCUT2D eigenvalue weighted by Gasteiger charge is -1.97. The van der Waals surface area contributed by atoms with Crippen LogP contribution in [0.25, 0.3) is 17.7 Å². The molecule has 106 valence electrons. The smallest absolute Gasteiger partial charge is 0.219 e. The van der Waals surface area contributed by atoms with Gasteiger partial charge >= 0.3 is 0 Å². The van der Waals surface area contributed by atoms with Gasteiger partial charge in [0, 0.05) is 0 Å². The summed E-state index contributed by atoms with van der Waals surface area (Å²) in [6.07, 6.45) is 6.75. The Balaban J connectivity index is 1.90. The number of hydrogen-bond donors (Lipinski definition) is 1. The normalized spacial score (nSPS) is 12.3. The van der Waals surface area contributed by atoms with E-state index in [0.29, 0.717) is 16.4 Å². The van der Waals surface area contributed by atoms with Crippen LogP contribution in [0.1, 0.15) is 12.7 Å². The fourth-order valence-electron chi connectivity index (χ4n) is 1.75.